The summed E-state index contributed by atoms with van der Waals surface area (Å²) in [7, 11) is -3.55. The number of benzene rings is 2. The van der Waals surface area contributed by atoms with Crippen LogP contribution in [0.4, 0.5) is 0 Å². The van der Waals surface area contributed by atoms with E-state index < -0.39 is 9.84 Å². The minimum atomic E-state index is -3.55. The van der Waals surface area contributed by atoms with E-state index in [1.165, 1.54) is 0 Å². The summed E-state index contributed by atoms with van der Waals surface area (Å²) in [6.07, 6.45) is 3.36. The van der Waals surface area contributed by atoms with Crippen LogP contribution in [0, 0.1) is 0 Å². The van der Waals surface area contributed by atoms with Gasteiger partial charge in [0.15, 0.2) is 15.7 Å². The molecular weight excluding hydrogens is 412 g/mol. The normalized spacial score (nSPS) is 11.6. The van der Waals surface area contributed by atoms with Crippen molar-refractivity contribution in [3.05, 3.63) is 89.2 Å². The number of rotatable bonds is 7. The summed E-state index contributed by atoms with van der Waals surface area (Å²) < 4.78 is 32.4. The second kappa shape index (κ2) is 8.18. The molecule has 0 aliphatic heterocycles. The minimum Gasteiger partial charge on any atom is -0.334 e. The van der Waals surface area contributed by atoms with Gasteiger partial charge >= 0.3 is 0 Å². The van der Waals surface area contributed by atoms with E-state index in [-0.39, 0.29) is 23.2 Å². The van der Waals surface area contributed by atoms with Crippen molar-refractivity contribution in [3.63, 3.8) is 0 Å². The zero-order valence-electron chi connectivity index (χ0n) is 15.3. The number of sulfone groups is 1. The summed E-state index contributed by atoms with van der Waals surface area (Å²) in [6.45, 7) is 0.546. The molecule has 2 heterocycles. The molecular formula is C20H17ClN4O3S. The molecule has 0 aliphatic carbocycles. The third-order valence-corrected chi connectivity index (χ3v) is 5.99. The number of imidazole rings is 1. The summed E-state index contributed by atoms with van der Waals surface area (Å²) >= 11 is 6.12. The molecule has 0 amide bonds. The van der Waals surface area contributed by atoms with E-state index in [1.54, 1.807) is 36.7 Å². The van der Waals surface area contributed by atoms with Gasteiger partial charge in [0.25, 0.3) is 5.89 Å². The summed E-state index contributed by atoms with van der Waals surface area (Å²) in [5.74, 6) is 0.165. The van der Waals surface area contributed by atoms with Crippen LogP contribution >= 0.6 is 11.6 Å². The second-order valence-corrected chi connectivity index (χ2v) is 8.96. The van der Waals surface area contributed by atoms with Crippen LogP contribution in [0.1, 0.15) is 17.2 Å². The van der Waals surface area contributed by atoms with Crippen molar-refractivity contribution in [2.75, 3.05) is 0 Å². The minimum absolute atomic E-state index is 0.0843. The summed E-state index contributed by atoms with van der Waals surface area (Å²) in [5.41, 5.74) is 1.62. The van der Waals surface area contributed by atoms with Crippen LogP contribution in [0.25, 0.3) is 11.5 Å². The molecule has 4 aromatic rings. The van der Waals surface area contributed by atoms with E-state index in [0.717, 1.165) is 5.56 Å². The van der Waals surface area contributed by atoms with Crippen molar-refractivity contribution in [3.8, 4) is 11.5 Å². The van der Waals surface area contributed by atoms with Gasteiger partial charge < -0.3 is 9.09 Å². The van der Waals surface area contributed by atoms with Crippen LogP contribution in [0.2, 0.25) is 5.02 Å². The standard InChI is InChI=1S/C20H17ClN4O3S/c21-17-9-5-4-8-16(17)20-23-18(24-28-20)13-29(26,27)14-19-22-10-11-25(19)12-15-6-2-1-3-7-15/h1-11H,12-14H2. The fourth-order valence-corrected chi connectivity index (χ4v) is 4.37. The lowest BCUT2D eigenvalue weighted by Crippen LogP contribution is -2.13. The van der Waals surface area contributed by atoms with Gasteiger partial charge in [-0.05, 0) is 17.7 Å². The van der Waals surface area contributed by atoms with Crippen molar-refractivity contribution < 1.29 is 12.9 Å². The maximum absolute atomic E-state index is 12.7. The quantitative estimate of drug-likeness (QED) is 0.445. The van der Waals surface area contributed by atoms with Gasteiger partial charge in [0.05, 0.1) is 10.6 Å². The molecule has 4 rings (SSSR count). The highest BCUT2D eigenvalue weighted by molar-refractivity contribution is 7.89. The van der Waals surface area contributed by atoms with Crippen molar-refractivity contribution >= 4 is 21.4 Å². The Balaban J connectivity index is 1.48. The van der Waals surface area contributed by atoms with Crippen LogP contribution in [-0.2, 0) is 27.9 Å². The Hall–Kier alpha value is -2.97. The molecule has 0 saturated carbocycles. The lowest BCUT2D eigenvalue weighted by Gasteiger charge is -2.08. The molecule has 0 aliphatic rings. The fraction of sp³-hybridized carbons (Fsp3) is 0.150. The Labute approximate surface area is 172 Å². The molecule has 2 aromatic heterocycles. The van der Waals surface area contributed by atoms with Crippen molar-refractivity contribution in [1.82, 2.24) is 19.7 Å². The highest BCUT2D eigenvalue weighted by Gasteiger charge is 2.21. The lowest BCUT2D eigenvalue weighted by molar-refractivity contribution is 0.424. The first-order valence-corrected chi connectivity index (χ1v) is 11.0. The first-order valence-electron chi connectivity index (χ1n) is 8.82. The average Bonchev–Trinajstić information content (AvgIpc) is 3.32. The third kappa shape index (κ3) is 4.72. The molecule has 7 nitrogen and oxygen atoms in total. The SMILES string of the molecule is O=S(=O)(Cc1noc(-c2ccccc2Cl)n1)Cc1nccn1Cc1ccccc1. The van der Waals surface area contributed by atoms with Gasteiger partial charge in [0.2, 0.25) is 0 Å². The van der Waals surface area contributed by atoms with Crippen LogP contribution in [0.3, 0.4) is 0 Å². The number of halogens is 1. The largest absolute Gasteiger partial charge is 0.334 e. The predicted molar refractivity (Wildman–Crippen MR) is 109 cm³/mol. The van der Waals surface area contributed by atoms with Gasteiger partial charge in [-0.25, -0.2) is 13.4 Å². The first kappa shape index (κ1) is 19.4. The van der Waals surface area contributed by atoms with Gasteiger partial charge in [0, 0.05) is 18.9 Å². The van der Waals surface area contributed by atoms with Gasteiger partial charge in [0.1, 0.15) is 17.3 Å². The molecule has 0 N–H and O–H groups in total. The van der Waals surface area contributed by atoms with E-state index in [9.17, 15) is 8.42 Å². The third-order valence-electron chi connectivity index (χ3n) is 4.27. The predicted octanol–water partition coefficient (Wildman–Crippen LogP) is 3.75. The van der Waals surface area contributed by atoms with E-state index >= 15 is 0 Å². The zero-order valence-corrected chi connectivity index (χ0v) is 16.8. The smallest absolute Gasteiger partial charge is 0.259 e. The number of nitrogens with zero attached hydrogens (tertiary/aromatic N) is 4. The molecule has 0 fully saturated rings. The van der Waals surface area contributed by atoms with Crippen LogP contribution in [0.5, 0.6) is 0 Å². The van der Waals surface area contributed by atoms with Crippen molar-refractivity contribution in [2.24, 2.45) is 0 Å². The molecule has 2 aromatic carbocycles. The van der Waals surface area contributed by atoms with Crippen LogP contribution < -0.4 is 0 Å². The Bertz CT molecular complexity index is 1220. The summed E-state index contributed by atoms with van der Waals surface area (Å²) in [4.78, 5) is 8.38. The van der Waals surface area contributed by atoms with Crippen LogP contribution in [-0.4, -0.2) is 28.1 Å². The number of hydrogen-bond donors (Lipinski definition) is 0. The Morgan fingerprint density at radius 2 is 1.76 bits per heavy atom. The molecule has 0 unspecified atom stereocenters. The van der Waals surface area contributed by atoms with Gasteiger partial charge in [-0.2, -0.15) is 4.98 Å². The lowest BCUT2D eigenvalue weighted by atomic mass is 10.2. The summed E-state index contributed by atoms with van der Waals surface area (Å²) in [5, 5.41) is 4.24. The fourth-order valence-electron chi connectivity index (χ4n) is 2.91. The molecule has 0 atom stereocenters. The van der Waals surface area contributed by atoms with E-state index in [4.69, 9.17) is 16.1 Å². The van der Waals surface area contributed by atoms with Crippen molar-refractivity contribution in [1.29, 1.82) is 0 Å². The molecule has 0 saturated heterocycles. The highest BCUT2D eigenvalue weighted by Crippen LogP contribution is 2.26. The second-order valence-electron chi connectivity index (χ2n) is 6.48. The van der Waals surface area contributed by atoms with Crippen LogP contribution in [0.15, 0.2) is 71.5 Å². The monoisotopic (exact) mass is 428 g/mol. The topological polar surface area (TPSA) is 90.9 Å². The molecule has 148 valence electrons. The molecule has 0 radical (unpaired) electrons. The molecule has 29 heavy (non-hydrogen) atoms. The van der Waals surface area contributed by atoms with Gasteiger partial charge in [-0.15, -0.1) is 0 Å². The van der Waals surface area contributed by atoms with Crippen molar-refractivity contribution in [2.45, 2.75) is 18.1 Å². The number of aromatic nitrogens is 4. The summed E-state index contributed by atoms with van der Waals surface area (Å²) in [6, 6.07) is 16.8. The van der Waals surface area contributed by atoms with E-state index in [2.05, 4.69) is 15.1 Å². The number of hydrogen-bond acceptors (Lipinski definition) is 6. The first-order chi connectivity index (χ1) is 14.0. The molecule has 9 heteroatoms. The Morgan fingerprint density at radius 1 is 1.00 bits per heavy atom. The molecule has 0 bridgehead atoms. The van der Waals surface area contributed by atoms with Gasteiger partial charge in [-0.3, -0.25) is 0 Å². The highest BCUT2D eigenvalue weighted by atomic mass is 35.5. The zero-order chi connectivity index (χ0) is 20.3. The maximum Gasteiger partial charge on any atom is 0.259 e. The maximum atomic E-state index is 12.7. The Morgan fingerprint density at radius 3 is 2.55 bits per heavy atom. The average molecular weight is 429 g/mol. The molecule has 0 spiro atoms. The van der Waals surface area contributed by atoms with Gasteiger partial charge in [-0.1, -0.05) is 59.2 Å². The Kier molecular flexibility index (Phi) is 5.46. The van der Waals surface area contributed by atoms with E-state index in [0.29, 0.717) is 23.0 Å². The van der Waals surface area contributed by atoms with E-state index in [1.807, 2.05) is 34.9 Å².